The maximum atomic E-state index is 12.8. The van der Waals surface area contributed by atoms with E-state index in [4.69, 9.17) is 13.9 Å². The van der Waals surface area contributed by atoms with Crippen LogP contribution in [0.5, 0.6) is 11.5 Å². The summed E-state index contributed by atoms with van der Waals surface area (Å²) >= 11 is 0. The molecule has 0 spiro atoms. The largest absolute Gasteiger partial charge is 0.497 e. The van der Waals surface area contributed by atoms with Gasteiger partial charge in [0.25, 0.3) is 5.91 Å². The van der Waals surface area contributed by atoms with Crippen LogP contribution in [-0.4, -0.2) is 42.3 Å². The van der Waals surface area contributed by atoms with Crippen molar-refractivity contribution in [1.82, 2.24) is 15.1 Å². The molecule has 1 amide bonds. The molecule has 1 aromatic heterocycles. The number of aryl methyl sites for hydroxylation is 1. The van der Waals surface area contributed by atoms with Gasteiger partial charge in [-0.25, -0.2) is 0 Å². The summed E-state index contributed by atoms with van der Waals surface area (Å²) < 4.78 is 16.2. The van der Waals surface area contributed by atoms with E-state index >= 15 is 0 Å². The zero-order valence-corrected chi connectivity index (χ0v) is 15.7. The fraction of sp³-hybridized carbons (Fsp3) is 0.250. The zero-order chi connectivity index (χ0) is 19.4. The van der Waals surface area contributed by atoms with Crippen LogP contribution in [0.3, 0.4) is 0 Å². The molecule has 0 atom stereocenters. The topological polar surface area (TPSA) is 77.7 Å². The third-order valence-electron chi connectivity index (χ3n) is 4.12. The molecule has 0 radical (unpaired) electrons. The lowest BCUT2D eigenvalue weighted by Crippen LogP contribution is -2.26. The Bertz CT molecular complexity index is 935. The summed E-state index contributed by atoms with van der Waals surface area (Å²) in [5.74, 6) is 1.62. The van der Waals surface area contributed by atoms with E-state index in [1.807, 2.05) is 31.2 Å². The van der Waals surface area contributed by atoms with E-state index in [1.54, 1.807) is 32.4 Å². The molecular weight excluding hydrogens is 346 g/mol. The number of methoxy groups -OCH3 is 2. The second-order valence-electron chi connectivity index (χ2n) is 6.09. The van der Waals surface area contributed by atoms with Crippen LogP contribution in [0.1, 0.15) is 21.8 Å². The quantitative estimate of drug-likeness (QED) is 0.665. The van der Waals surface area contributed by atoms with Crippen molar-refractivity contribution < 1.29 is 18.7 Å². The highest BCUT2D eigenvalue weighted by Crippen LogP contribution is 2.26. The smallest absolute Gasteiger partial charge is 0.257 e. The molecular formula is C20H21N3O4. The maximum Gasteiger partial charge on any atom is 0.257 e. The Morgan fingerprint density at radius 1 is 1.07 bits per heavy atom. The van der Waals surface area contributed by atoms with Gasteiger partial charge in [-0.3, -0.25) is 4.79 Å². The second kappa shape index (κ2) is 7.90. The molecule has 0 saturated carbocycles. The number of hydrogen-bond donors (Lipinski definition) is 0. The van der Waals surface area contributed by atoms with Crippen LogP contribution in [0, 0.1) is 6.92 Å². The van der Waals surface area contributed by atoms with Crippen LogP contribution < -0.4 is 9.47 Å². The lowest BCUT2D eigenvalue weighted by molar-refractivity contribution is 0.0769. The summed E-state index contributed by atoms with van der Waals surface area (Å²) in [5, 5.41) is 8.10. The van der Waals surface area contributed by atoms with Crippen molar-refractivity contribution >= 4 is 5.91 Å². The van der Waals surface area contributed by atoms with Crippen molar-refractivity contribution in [2.24, 2.45) is 0 Å². The molecule has 0 N–H and O–H groups in total. The van der Waals surface area contributed by atoms with Crippen LogP contribution in [0.4, 0.5) is 0 Å². The lowest BCUT2D eigenvalue weighted by atomic mass is 10.1. The number of ether oxygens (including phenoxy) is 2. The van der Waals surface area contributed by atoms with Gasteiger partial charge in [0, 0.05) is 18.7 Å². The minimum atomic E-state index is -0.218. The number of rotatable bonds is 6. The third kappa shape index (κ3) is 4.08. The van der Waals surface area contributed by atoms with Gasteiger partial charge in [0.15, 0.2) is 0 Å². The van der Waals surface area contributed by atoms with Crippen molar-refractivity contribution in [2.45, 2.75) is 13.5 Å². The fourth-order valence-electron chi connectivity index (χ4n) is 2.59. The Morgan fingerprint density at radius 2 is 1.81 bits per heavy atom. The molecule has 3 aromatic rings. The predicted molar refractivity (Wildman–Crippen MR) is 99.8 cm³/mol. The first kappa shape index (κ1) is 18.4. The van der Waals surface area contributed by atoms with Gasteiger partial charge in [-0.1, -0.05) is 17.7 Å². The standard InChI is InChI=1S/C20H21N3O4/c1-13-5-7-14(8-6-13)19-22-21-18(27-19)12-23(2)20(24)16-10-9-15(25-3)11-17(16)26-4/h5-11H,12H2,1-4H3. The minimum Gasteiger partial charge on any atom is -0.497 e. The summed E-state index contributed by atoms with van der Waals surface area (Å²) in [6.45, 7) is 2.20. The van der Waals surface area contributed by atoms with Crippen molar-refractivity contribution in [3.8, 4) is 23.0 Å². The average molecular weight is 367 g/mol. The first-order chi connectivity index (χ1) is 13.0. The van der Waals surface area contributed by atoms with Crippen LogP contribution in [0.2, 0.25) is 0 Å². The zero-order valence-electron chi connectivity index (χ0n) is 15.7. The number of benzene rings is 2. The van der Waals surface area contributed by atoms with Crippen LogP contribution in [-0.2, 0) is 6.54 Å². The maximum absolute atomic E-state index is 12.8. The molecule has 0 saturated heterocycles. The van der Waals surface area contributed by atoms with E-state index in [0.717, 1.165) is 11.1 Å². The molecule has 7 heteroatoms. The van der Waals surface area contributed by atoms with Gasteiger partial charge in [-0.2, -0.15) is 0 Å². The Balaban J connectivity index is 1.75. The molecule has 7 nitrogen and oxygen atoms in total. The molecule has 0 aliphatic carbocycles. The van der Waals surface area contributed by atoms with E-state index < -0.39 is 0 Å². The first-order valence-electron chi connectivity index (χ1n) is 8.38. The first-order valence-corrected chi connectivity index (χ1v) is 8.38. The van der Waals surface area contributed by atoms with Gasteiger partial charge in [0.1, 0.15) is 11.5 Å². The lowest BCUT2D eigenvalue weighted by Gasteiger charge is -2.17. The van der Waals surface area contributed by atoms with E-state index in [-0.39, 0.29) is 12.5 Å². The molecule has 0 aliphatic heterocycles. The highest BCUT2D eigenvalue weighted by Gasteiger charge is 2.20. The van der Waals surface area contributed by atoms with Crippen molar-refractivity contribution in [3.05, 3.63) is 59.5 Å². The number of hydrogen-bond acceptors (Lipinski definition) is 6. The molecule has 1 heterocycles. The van der Waals surface area contributed by atoms with E-state index in [0.29, 0.717) is 28.8 Å². The normalized spacial score (nSPS) is 10.5. The average Bonchev–Trinajstić information content (AvgIpc) is 3.15. The summed E-state index contributed by atoms with van der Waals surface area (Å²) in [6, 6.07) is 12.8. The van der Waals surface area contributed by atoms with Crippen molar-refractivity contribution in [1.29, 1.82) is 0 Å². The summed E-state index contributed by atoms with van der Waals surface area (Å²) in [7, 11) is 4.74. The monoisotopic (exact) mass is 367 g/mol. The molecule has 0 fully saturated rings. The number of amides is 1. The molecule has 27 heavy (non-hydrogen) atoms. The van der Waals surface area contributed by atoms with Gasteiger partial charge in [0.2, 0.25) is 11.8 Å². The molecule has 0 bridgehead atoms. The molecule has 3 rings (SSSR count). The third-order valence-corrected chi connectivity index (χ3v) is 4.12. The number of carbonyl (C=O) groups excluding carboxylic acids is 1. The Labute approximate surface area is 157 Å². The van der Waals surface area contributed by atoms with E-state index in [2.05, 4.69) is 10.2 Å². The molecule has 0 aliphatic rings. The summed E-state index contributed by atoms with van der Waals surface area (Å²) in [6.07, 6.45) is 0. The Hall–Kier alpha value is -3.35. The molecule has 0 unspecified atom stereocenters. The SMILES string of the molecule is COc1ccc(C(=O)N(C)Cc2nnc(-c3ccc(C)cc3)o2)c(OC)c1. The number of aromatic nitrogens is 2. The predicted octanol–water partition coefficient (Wildman–Crippen LogP) is 3.33. The van der Waals surface area contributed by atoms with Crippen LogP contribution in [0.25, 0.3) is 11.5 Å². The number of carbonyl (C=O) groups is 1. The van der Waals surface area contributed by atoms with Gasteiger partial charge >= 0.3 is 0 Å². The summed E-state index contributed by atoms with van der Waals surface area (Å²) in [5.41, 5.74) is 2.42. The number of nitrogens with zero attached hydrogens (tertiary/aromatic N) is 3. The minimum absolute atomic E-state index is 0.187. The van der Waals surface area contributed by atoms with Gasteiger partial charge in [-0.15, -0.1) is 10.2 Å². The van der Waals surface area contributed by atoms with Crippen molar-refractivity contribution in [2.75, 3.05) is 21.3 Å². The summed E-state index contributed by atoms with van der Waals surface area (Å²) in [4.78, 5) is 14.3. The van der Waals surface area contributed by atoms with E-state index in [1.165, 1.54) is 12.0 Å². The van der Waals surface area contributed by atoms with Gasteiger partial charge in [-0.05, 0) is 31.2 Å². The van der Waals surface area contributed by atoms with Crippen LogP contribution in [0.15, 0.2) is 46.9 Å². The van der Waals surface area contributed by atoms with Gasteiger partial charge < -0.3 is 18.8 Å². The Morgan fingerprint density at radius 3 is 2.48 bits per heavy atom. The molecule has 140 valence electrons. The van der Waals surface area contributed by atoms with Crippen molar-refractivity contribution in [3.63, 3.8) is 0 Å². The van der Waals surface area contributed by atoms with E-state index in [9.17, 15) is 4.79 Å². The second-order valence-corrected chi connectivity index (χ2v) is 6.09. The molecule has 2 aromatic carbocycles. The Kier molecular flexibility index (Phi) is 5.40. The van der Waals surface area contributed by atoms with Crippen LogP contribution >= 0.6 is 0 Å². The fourth-order valence-corrected chi connectivity index (χ4v) is 2.59. The highest BCUT2D eigenvalue weighted by molar-refractivity contribution is 5.97. The van der Waals surface area contributed by atoms with Gasteiger partial charge in [0.05, 0.1) is 26.3 Å². The highest BCUT2D eigenvalue weighted by atomic mass is 16.5.